The number of carboxylic acid groups (broad SMARTS) is 1. The van der Waals surface area contributed by atoms with Gasteiger partial charge in [0.1, 0.15) is 5.82 Å². The maximum absolute atomic E-state index is 13.1. The molecule has 0 aliphatic heterocycles. The predicted octanol–water partition coefficient (Wildman–Crippen LogP) is 3.26. The highest BCUT2D eigenvalue weighted by atomic mass is 79.9. The Bertz CT molecular complexity index is 368. The number of rotatable bonds is 3. The fourth-order valence-corrected chi connectivity index (χ4v) is 1.71. The second-order valence-corrected chi connectivity index (χ2v) is 4.05. The Hall–Kier alpha value is -0.610. The summed E-state index contributed by atoms with van der Waals surface area (Å²) in [6.07, 6.45) is 0.167. The molecule has 0 saturated heterocycles. The summed E-state index contributed by atoms with van der Waals surface area (Å²) in [5, 5.41) is 8.45. The summed E-state index contributed by atoms with van der Waals surface area (Å²) < 4.78 is 13.6. The minimum atomic E-state index is -0.929. The lowest BCUT2D eigenvalue weighted by Crippen LogP contribution is -1.98. The van der Waals surface area contributed by atoms with E-state index >= 15 is 0 Å². The van der Waals surface area contributed by atoms with Crippen molar-refractivity contribution in [1.82, 2.24) is 0 Å². The normalized spacial score (nSPS) is 10.2. The van der Waals surface area contributed by atoms with Gasteiger partial charge in [0.25, 0.3) is 0 Å². The molecule has 0 amide bonds. The third kappa shape index (κ3) is 2.96. The van der Waals surface area contributed by atoms with Gasteiger partial charge in [0, 0.05) is 10.9 Å². The lowest BCUT2D eigenvalue weighted by molar-refractivity contribution is -0.136. The van der Waals surface area contributed by atoms with Gasteiger partial charge in [-0.15, -0.1) is 0 Å². The number of aliphatic carboxylic acids is 1. The van der Waals surface area contributed by atoms with Gasteiger partial charge in [-0.3, -0.25) is 4.79 Å². The predicted molar refractivity (Wildman–Crippen MR) is 55.1 cm³/mol. The smallest absolute Gasteiger partial charge is 0.303 e. The molecule has 0 heterocycles. The van der Waals surface area contributed by atoms with Gasteiger partial charge in [-0.2, -0.15) is 0 Å². The molecule has 0 unspecified atom stereocenters. The fraction of sp³-hybridized carbons (Fsp3) is 0.222. The first-order chi connectivity index (χ1) is 6.50. The largest absolute Gasteiger partial charge is 0.481 e. The van der Waals surface area contributed by atoms with Crippen LogP contribution in [0.15, 0.2) is 16.6 Å². The van der Waals surface area contributed by atoms with Crippen molar-refractivity contribution < 1.29 is 14.3 Å². The molecule has 0 aromatic heterocycles. The maximum atomic E-state index is 13.1. The molecule has 14 heavy (non-hydrogen) atoms. The number of halogens is 3. The molecule has 1 rings (SSSR count). The van der Waals surface area contributed by atoms with Gasteiger partial charge >= 0.3 is 5.97 Å². The average Bonchev–Trinajstić information content (AvgIpc) is 2.08. The van der Waals surface area contributed by atoms with Crippen molar-refractivity contribution >= 4 is 33.5 Å². The lowest BCUT2D eigenvalue weighted by atomic mass is 10.1. The van der Waals surface area contributed by atoms with Gasteiger partial charge in [0.2, 0.25) is 0 Å². The van der Waals surface area contributed by atoms with E-state index < -0.39 is 11.8 Å². The number of carboxylic acids is 1. The molecule has 0 saturated carbocycles. The lowest BCUT2D eigenvalue weighted by Gasteiger charge is -2.04. The third-order valence-electron chi connectivity index (χ3n) is 1.68. The van der Waals surface area contributed by atoms with E-state index in [0.29, 0.717) is 10.0 Å². The second kappa shape index (κ2) is 4.75. The first-order valence-corrected chi connectivity index (χ1v) is 5.03. The van der Waals surface area contributed by atoms with Gasteiger partial charge in [-0.05, 0) is 24.1 Å². The first kappa shape index (κ1) is 11.5. The topological polar surface area (TPSA) is 37.3 Å². The summed E-state index contributed by atoms with van der Waals surface area (Å²) in [4.78, 5) is 10.3. The minimum Gasteiger partial charge on any atom is -0.481 e. The molecule has 1 N–H and O–H groups in total. The molecule has 0 bridgehead atoms. The third-order valence-corrected chi connectivity index (χ3v) is 2.56. The standard InChI is InChI=1S/C9H7BrClFO2/c10-6-3-5(1-2-8(13)14)9(11)7(12)4-6/h3-4H,1-2H2,(H,13,14). The molecule has 0 radical (unpaired) electrons. The molecule has 0 aliphatic carbocycles. The van der Waals surface area contributed by atoms with Gasteiger partial charge < -0.3 is 5.11 Å². The molecule has 0 fully saturated rings. The number of aryl methyl sites for hydroxylation is 1. The van der Waals surface area contributed by atoms with Crippen molar-refractivity contribution in [2.45, 2.75) is 12.8 Å². The van der Waals surface area contributed by atoms with Crippen LogP contribution in [-0.4, -0.2) is 11.1 Å². The van der Waals surface area contributed by atoms with Gasteiger partial charge in [-0.25, -0.2) is 4.39 Å². The van der Waals surface area contributed by atoms with Crippen molar-refractivity contribution in [3.05, 3.63) is 33.0 Å². The number of carbonyl (C=O) groups is 1. The van der Waals surface area contributed by atoms with Crippen molar-refractivity contribution in [2.75, 3.05) is 0 Å². The summed E-state index contributed by atoms with van der Waals surface area (Å²) in [5.41, 5.74) is 0.501. The maximum Gasteiger partial charge on any atom is 0.303 e. The molecule has 76 valence electrons. The van der Waals surface area contributed by atoms with Gasteiger partial charge in [0.15, 0.2) is 0 Å². The van der Waals surface area contributed by atoms with Crippen LogP contribution in [0.4, 0.5) is 4.39 Å². The first-order valence-electron chi connectivity index (χ1n) is 3.86. The number of hydrogen-bond donors (Lipinski definition) is 1. The SMILES string of the molecule is O=C(O)CCc1cc(Br)cc(F)c1Cl. The van der Waals surface area contributed by atoms with Crippen LogP contribution < -0.4 is 0 Å². The molecule has 1 aromatic rings. The Morgan fingerprint density at radius 2 is 2.21 bits per heavy atom. The number of hydrogen-bond acceptors (Lipinski definition) is 1. The number of benzene rings is 1. The molecule has 2 nitrogen and oxygen atoms in total. The van der Waals surface area contributed by atoms with Crippen LogP contribution in [0.2, 0.25) is 5.02 Å². The highest BCUT2D eigenvalue weighted by Crippen LogP contribution is 2.25. The van der Waals surface area contributed by atoms with Crippen LogP contribution in [0.1, 0.15) is 12.0 Å². The van der Waals surface area contributed by atoms with Crippen molar-refractivity contribution in [2.24, 2.45) is 0 Å². The van der Waals surface area contributed by atoms with E-state index in [9.17, 15) is 9.18 Å². The van der Waals surface area contributed by atoms with Gasteiger partial charge in [-0.1, -0.05) is 27.5 Å². The zero-order chi connectivity index (χ0) is 10.7. The summed E-state index contributed by atoms with van der Waals surface area (Å²) in [7, 11) is 0. The Morgan fingerprint density at radius 3 is 2.79 bits per heavy atom. The Labute approximate surface area is 93.8 Å². The quantitative estimate of drug-likeness (QED) is 0.864. The molecule has 0 atom stereocenters. The minimum absolute atomic E-state index is 0.00514. The summed E-state index contributed by atoms with van der Waals surface area (Å²) >= 11 is 8.77. The van der Waals surface area contributed by atoms with E-state index in [-0.39, 0.29) is 17.9 Å². The monoisotopic (exact) mass is 280 g/mol. The van der Waals surface area contributed by atoms with E-state index in [0.717, 1.165) is 0 Å². The second-order valence-electron chi connectivity index (χ2n) is 2.75. The van der Waals surface area contributed by atoms with Crippen LogP contribution in [0.3, 0.4) is 0 Å². The Kier molecular flexibility index (Phi) is 3.89. The zero-order valence-corrected chi connectivity index (χ0v) is 9.40. The molecule has 0 aliphatic rings. The molecule has 1 aromatic carbocycles. The fourth-order valence-electron chi connectivity index (χ4n) is 1.03. The van der Waals surface area contributed by atoms with E-state index in [2.05, 4.69) is 15.9 Å². The van der Waals surface area contributed by atoms with Crippen LogP contribution in [0, 0.1) is 5.82 Å². The van der Waals surface area contributed by atoms with Crippen molar-refractivity contribution in [3.63, 3.8) is 0 Å². The van der Waals surface area contributed by atoms with Crippen molar-refractivity contribution in [1.29, 1.82) is 0 Å². The van der Waals surface area contributed by atoms with E-state index in [1.54, 1.807) is 6.07 Å². The van der Waals surface area contributed by atoms with Crippen molar-refractivity contribution in [3.8, 4) is 0 Å². The van der Waals surface area contributed by atoms with E-state index in [1.165, 1.54) is 6.07 Å². The summed E-state index contributed by atoms with van der Waals surface area (Å²) in [6, 6.07) is 2.86. The van der Waals surface area contributed by atoms with E-state index in [1.807, 2.05) is 0 Å². The van der Waals surface area contributed by atoms with Crippen LogP contribution >= 0.6 is 27.5 Å². The van der Waals surface area contributed by atoms with Gasteiger partial charge in [0.05, 0.1) is 5.02 Å². The zero-order valence-electron chi connectivity index (χ0n) is 7.06. The summed E-state index contributed by atoms with van der Waals surface area (Å²) in [6.45, 7) is 0. The highest BCUT2D eigenvalue weighted by molar-refractivity contribution is 9.10. The Morgan fingerprint density at radius 1 is 1.57 bits per heavy atom. The molecular weight excluding hydrogens is 274 g/mol. The van der Waals surface area contributed by atoms with Crippen LogP contribution in [-0.2, 0) is 11.2 Å². The van der Waals surface area contributed by atoms with Crippen LogP contribution in [0.25, 0.3) is 0 Å². The molecular formula is C9H7BrClFO2. The molecule has 5 heteroatoms. The van der Waals surface area contributed by atoms with Crippen LogP contribution in [0.5, 0.6) is 0 Å². The highest BCUT2D eigenvalue weighted by Gasteiger charge is 2.09. The summed E-state index contributed by atoms with van der Waals surface area (Å²) in [5.74, 6) is -1.47. The average molecular weight is 282 g/mol. The van der Waals surface area contributed by atoms with E-state index in [4.69, 9.17) is 16.7 Å². The Balaban J connectivity index is 2.90. The molecule has 0 spiro atoms.